The molecule has 25 heavy (non-hydrogen) atoms. The average molecular weight is 392 g/mol. The van der Waals surface area contributed by atoms with E-state index in [1.807, 2.05) is 29.3 Å². The first kappa shape index (κ1) is 19.8. The number of rotatable bonds is 8. The molecule has 7 heteroatoms. The number of hydrogen-bond donors (Lipinski definition) is 0. The van der Waals surface area contributed by atoms with Gasteiger partial charge in [0.1, 0.15) is 11.1 Å². The monoisotopic (exact) mass is 391 g/mol. The van der Waals surface area contributed by atoms with Crippen LogP contribution in [0.3, 0.4) is 0 Å². The molecule has 0 fully saturated rings. The second-order valence-corrected chi connectivity index (χ2v) is 8.93. The standard InChI is InChI=1S/C18H21N3OS3/c1-4-5-8-23-12-25-17-14(11-19)13(18(22)21(2)3)10-15(20-17)16-7-6-9-24-16/h6-7,9-10H,4-5,8,12H2,1-3H3. The zero-order valence-corrected chi connectivity index (χ0v) is 17.1. The molecule has 0 radical (unpaired) electrons. The summed E-state index contributed by atoms with van der Waals surface area (Å²) in [5, 5.41) is 13.1. The van der Waals surface area contributed by atoms with Gasteiger partial charge < -0.3 is 4.90 Å². The Kier molecular flexibility index (Phi) is 7.82. The molecule has 0 spiro atoms. The number of nitrogens with zero attached hydrogens (tertiary/aromatic N) is 3. The van der Waals surface area contributed by atoms with Crippen molar-refractivity contribution >= 4 is 40.8 Å². The Hall–Kier alpha value is -1.49. The molecule has 0 saturated carbocycles. The number of carbonyl (C=O) groups is 1. The van der Waals surface area contributed by atoms with Crippen molar-refractivity contribution in [2.45, 2.75) is 24.8 Å². The molecule has 132 valence electrons. The molecular formula is C18H21N3OS3. The van der Waals surface area contributed by atoms with Crippen molar-refractivity contribution in [1.29, 1.82) is 5.26 Å². The van der Waals surface area contributed by atoms with Crippen LogP contribution in [0.15, 0.2) is 28.6 Å². The third-order valence-corrected chi connectivity index (χ3v) is 6.61. The summed E-state index contributed by atoms with van der Waals surface area (Å²) < 4.78 is 0. The van der Waals surface area contributed by atoms with E-state index in [-0.39, 0.29) is 5.91 Å². The van der Waals surface area contributed by atoms with Gasteiger partial charge in [-0.1, -0.05) is 31.2 Å². The molecule has 1 amide bonds. The maximum atomic E-state index is 12.5. The van der Waals surface area contributed by atoms with E-state index in [1.54, 1.807) is 43.3 Å². The Morgan fingerprint density at radius 1 is 1.44 bits per heavy atom. The van der Waals surface area contributed by atoms with Gasteiger partial charge in [-0.25, -0.2) is 4.98 Å². The van der Waals surface area contributed by atoms with E-state index >= 15 is 0 Å². The quantitative estimate of drug-likeness (QED) is 0.361. The maximum absolute atomic E-state index is 12.5. The summed E-state index contributed by atoms with van der Waals surface area (Å²) in [4.78, 5) is 19.7. The molecule has 0 aliphatic heterocycles. The van der Waals surface area contributed by atoms with E-state index in [0.717, 1.165) is 21.4 Å². The third-order valence-electron chi connectivity index (χ3n) is 3.43. The number of aromatic nitrogens is 1. The van der Waals surface area contributed by atoms with Crippen LogP contribution in [0.4, 0.5) is 0 Å². The van der Waals surface area contributed by atoms with Crippen molar-refractivity contribution in [3.63, 3.8) is 0 Å². The molecule has 0 bridgehead atoms. The highest BCUT2D eigenvalue weighted by Crippen LogP contribution is 2.32. The number of pyridine rings is 1. The van der Waals surface area contributed by atoms with Crippen molar-refractivity contribution in [3.8, 4) is 16.6 Å². The molecule has 2 rings (SSSR count). The Morgan fingerprint density at radius 2 is 2.24 bits per heavy atom. The lowest BCUT2D eigenvalue weighted by molar-refractivity contribution is 0.0827. The van der Waals surface area contributed by atoms with Gasteiger partial charge in [-0.05, 0) is 29.7 Å². The van der Waals surface area contributed by atoms with Crippen LogP contribution < -0.4 is 0 Å². The van der Waals surface area contributed by atoms with Gasteiger partial charge in [-0.15, -0.1) is 11.3 Å². The molecule has 2 aromatic rings. The second-order valence-electron chi connectivity index (χ2n) is 5.55. The zero-order valence-electron chi connectivity index (χ0n) is 14.6. The fourth-order valence-corrected chi connectivity index (χ4v) is 4.99. The van der Waals surface area contributed by atoms with Crippen LogP contribution in [-0.2, 0) is 0 Å². The van der Waals surface area contributed by atoms with Gasteiger partial charge in [-0.2, -0.15) is 17.0 Å². The number of hydrogen-bond acceptors (Lipinski definition) is 6. The molecule has 0 unspecified atom stereocenters. The van der Waals surface area contributed by atoms with Crippen LogP contribution in [0.5, 0.6) is 0 Å². The van der Waals surface area contributed by atoms with Crippen molar-refractivity contribution in [3.05, 3.63) is 34.7 Å². The molecule has 4 nitrogen and oxygen atoms in total. The smallest absolute Gasteiger partial charge is 0.254 e. The van der Waals surface area contributed by atoms with E-state index in [1.165, 1.54) is 17.7 Å². The molecule has 0 saturated heterocycles. The molecular weight excluding hydrogens is 370 g/mol. The SMILES string of the molecule is CCCCSCSc1nc(-c2cccs2)cc(C(=O)N(C)C)c1C#N. The van der Waals surface area contributed by atoms with Crippen LogP contribution in [0.25, 0.3) is 10.6 Å². The first-order valence-corrected chi connectivity index (χ1v) is 11.0. The molecule has 2 heterocycles. The number of thiophene rings is 1. The van der Waals surface area contributed by atoms with Gasteiger partial charge in [0, 0.05) is 19.2 Å². The maximum Gasteiger partial charge on any atom is 0.254 e. The molecule has 0 N–H and O–H groups in total. The first-order valence-electron chi connectivity index (χ1n) is 7.99. The highest BCUT2D eigenvalue weighted by atomic mass is 32.2. The molecule has 0 atom stereocenters. The minimum atomic E-state index is -0.169. The van der Waals surface area contributed by atoms with E-state index in [2.05, 4.69) is 18.0 Å². The molecule has 0 aliphatic rings. The molecule has 2 aromatic heterocycles. The van der Waals surface area contributed by atoms with Gasteiger partial charge in [0.15, 0.2) is 0 Å². The highest BCUT2D eigenvalue weighted by Gasteiger charge is 2.20. The number of unbranched alkanes of at least 4 members (excludes halogenated alkanes) is 1. The summed E-state index contributed by atoms with van der Waals surface area (Å²) in [6.07, 6.45) is 2.36. The van der Waals surface area contributed by atoms with E-state index in [4.69, 9.17) is 0 Å². The molecule has 0 aliphatic carbocycles. The number of thioether (sulfide) groups is 2. The highest BCUT2D eigenvalue weighted by molar-refractivity contribution is 8.15. The van der Waals surface area contributed by atoms with E-state index in [0.29, 0.717) is 16.2 Å². The predicted octanol–water partition coefficient (Wildman–Crippen LogP) is 4.97. The number of amides is 1. The third kappa shape index (κ3) is 5.24. The van der Waals surface area contributed by atoms with Crippen LogP contribution in [0.1, 0.15) is 35.7 Å². The Labute approximate surface area is 161 Å². The van der Waals surface area contributed by atoms with Gasteiger partial charge >= 0.3 is 0 Å². The van der Waals surface area contributed by atoms with Gasteiger partial charge in [0.25, 0.3) is 5.91 Å². The largest absolute Gasteiger partial charge is 0.345 e. The van der Waals surface area contributed by atoms with Crippen LogP contribution in [0.2, 0.25) is 0 Å². The lowest BCUT2D eigenvalue weighted by Gasteiger charge is -2.14. The van der Waals surface area contributed by atoms with Crippen molar-refractivity contribution < 1.29 is 4.79 Å². The summed E-state index contributed by atoms with van der Waals surface area (Å²) in [5.74, 6) is 0.927. The number of nitriles is 1. The van der Waals surface area contributed by atoms with Crippen molar-refractivity contribution in [2.75, 3.05) is 24.9 Å². The van der Waals surface area contributed by atoms with E-state index in [9.17, 15) is 10.1 Å². The topological polar surface area (TPSA) is 57.0 Å². The minimum absolute atomic E-state index is 0.169. The summed E-state index contributed by atoms with van der Waals surface area (Å²) >= 11 is 4.95. The summed E-state index contributed by atoms with van der Waals surface area (Å²) in [6.45, 7) is 2.17. The lowest BCUT2D eigenvalue weighted by Crippen LogP contribution is -2.23. The van der Waals surface area contributed by atoms with Gasteiger partial charge in [0.2, 0.25) is 0 Å². The summed E-state index contributed by atoms with van der Waals surface area (Å²) in [6, 6.07) is 7.86. The molecule has 0 aromatic carbocycles. The van der Waals surface area contributed by atoms with E-state index < -0.39 is 0 Å². The summed E-state index contributed by atoms with van der Waals surface area (Å²) in [7, 11) is 3.39. The first-order chi connectivity index (χ1) is 12.1. The minimum Gasteiger partial charge on any atom is -0.345 e. The van der Waals surface area contributed by atoms with Crippen molar-refractivity contribution in [1.82, 2.24) is 9.88 Å². The van der Waals surface area contributed by atoms with Gasteiger partial charge in [-0.3, -0.25) is 4.79 Å². The summed E-state index contributed by atoms with van der Waals surface area (Å²) in [5.41, 5.74) is 1.55. The zero-order chi connectivity index (χ0) is 18.2. The van der Waals surface area contributed by atoms with Gasteiger partial charge in [0.05, 0.1) is 21.7 Å². The van der Waals surface area contributed by atoms with Crippen LogP contribution in [-0.4, -0.2) is 40.7 Å². The Balaban J connectivity index is 2.38. The van der Waals surface area contributed by atoms with Crippen LogP contribution >= 0.6 is 34.9 Å². The normalized spacial score (nSPS) is 10.5. The average Bonchev–Trinajstić information content (AvgIpc) is 3.14. The fraction of sp³-hybridized carbons (Fsp3) is 0.389. The second kappa shape index (κ2) is 9.85. The van der Waals surface area contributed by atoms with Crippen molar-refractivity contribution in [2.24, 2.45) is 0 Å². The number of carbonyl (C=O) groups excluding carboxylic acids is 1. The fourth-order valence-electron chi connectivity index (χ4n) is 2.10. The Morgan fingerprint density at radius 3 is 2.84 bits per heavy atom. The predicted molar refractivity (Wildman–Crippen MR) is 108 cm³/mol. The Bertz CT molecular complexity index is 752. The lowest BCUT2D eigenvalue weighted by atomic mass is 10.1. The van der Waals surface area contributed by atoms with Crippen LogP contribution in [0, 0.1) is 11.3 Å².